The standard InChI is InChI=1S/C26H35N3O4S/c1-19-6-5-7-20(16-19)18-29-14-12-22(13-15-29)27-26(30)21-10-11-24(33-2)25(17-21)34(31,32)28-23-8-3-4-9-23/h5-7,10-11,16-17,22-23,28H,3-4,8-9,12-15,18H2,1-2H3,(H,27,30). The van der Waals surface area contributed by atoms with Gasteiger partial charge in [-0.3, -0.25) is 9.69 Å². The van der Waals surface area contributed by atoms with E-state index in [9.17, 15) is 13.2 Å². The summed E-state index contributed by atoms with van der Waals surface area (Å²) < 4.78 is 34.1. The quantitative estimate of drug-likeness (QED) is 0.596. The van der Waals surface area contributed by atoms with Crippen LogP contribution < -0.4 is 14.8 Å². The van der Waals surface area contributed by atoms with E-state index in [4.69, 9.17) is 4.74 Å². The number of ether oxygens (including phenoxy) is 1. The summed E-state index contributed by atoms with van der Waals surface area (Å²) in [5.74, 6) is -0.0105. The minimum atomic E-state index is -3.78. The Hall–Kier alpha value is -2.42. The number of hydrogen-bond donors (Lipinski definition) is 2. The highest BCUT2D eigenvalue weighted by molar-refractivity contribution is 7.89. The van der Waals surface area contributed by atoms with Crippen LogP contribution in [0.3, 0.4) is 0 Å². The Morgan fingerprint density at radius 1 is 1.03 bits per heavy atom. The molecular weight excluding hydrogens is 450 g/mol. The molecule has 0 radical (unpaired) electrons. The Morgan fingerprint density at radius 2 is 1.76 bits per heavy atom. The topological polar surface area (TPSA) is 87.7 Å². The molecule has 1 heterocycles. The van der Waals surface area contributed by atoms with E-state index in [1.807, 2.05) is 0 Å². The molecule has 1 aliphatic heterocycles. The smallest absolute Gasteiger partial charge is 0.251 e. The Balaban J connectivity index is 1.37. The molecule has 0 bridgehead atoms. The monoisotopic (exact) mass is 485 g/mol. The molecule has 2 fully saturated rings. The highest BCUT2D eigenvalue weighted by atomic mass is 32.2. The molecule has 2 N–H and O–H groups in total. The number of amides is 1. The number of piperidine rings is 1. The molecule has 1 amide bonds. The molecule has 34 heavy (non-hydrogen) atoms. The Bertz CT molecular complexity index is 1100. The first-order valence-electron chi connectivity index (χ1n) is 12.1. The average Bonchev–Trinajstić information content (AvgIpc) is 3.32. The van der Waals surface area contributed by atoms with Crippen molar-refractivity contribution in [3.63, 3.8) is 0 Å². The molecule has 2 aromatic carbocycles. The van der Waals surface area contributed by atoms with Crippen molar-refractivity contribution in [2.75, 3.05) is 20.2 Å². The van der Waals surface area contributed by atoms with Crippen LogP contribution in [0.4, 0.5) is 0 Å². The van der Waals surface area contributed by atoms with Crippen molar-refractivity contribution >= 4 is 15.9 Å². The van der Waals surface area contributed by atoms with E-state index in [2.05, 4.69) is 46.1 Å². The molecule has 2 aromatic rings. The van der Waals surface area contributed by atoms with Crippen LogP contribution in [0.2, 0.25) is 0 Å². The molecule has 1 saturated heterocycles. The molecule has 4 rings (SSSR count). The van der Waals surface area contributed by atoms with E-state index >= 15 is 0 Å². The molecule has 0 aromatic heterocycles. The molecule has 8 heteroatoms. The second-order valence-corrected chi connectivity index (χ2v) is 11.2. The molecule has 1 saturated carbocycles. The van der Waals surface area contributed by atoms with Crippen LogP contribution in [-0.2, 0) is 16.6 Å². The largest absolute Gasteiger partial charge is 0.495 e. The highest BCUT2D eigenvalue weighted by Gasteiger charge is 2.27. The molecule has 1 aliphatic carbocycles. The van der Waals surface area contributed by atoms with Gasteiger partial charge in [0.1, 0.15) is 10.6 Å². The Labute approximate surface area is 202 Å². The van der Waals surface area contributed by atoms with Crippen LogP contribution in [0, 0.1) is 6.92 Å². The number of aryl methyl sites for hydroxylation is 1. The van der Waals surface area contributed by atoms with Gasteiger partial charge in [-0.05, 0) is 56.4 Å². The number of likely N-dealkylation sites (tertiary alicyclic amines) is 1. The van der Waals surface area contributed by atoms with Crippen LogP contribution in [0.5, 0.6) is 5.75 Å². The number of nitrogens with one attached hydrogen (secondary N) is 2. The number of sulfonamides is 1. The van der Waals surface area contributed by atoms with Gasteiger partial charge in [0.05, 0.1) is 7.11 Å². The van der Waals surface area contributed by atoms with Crippen LogP contribution in [0.25, 0.3) is 0 Å². The van der Waals surface area contributed by atoms with Gasteiger partial charge in [0.25, 0.3) is 5.91 Å². The lowest BCUT2D eigenvalue weighted by Crippen LogP contribution is -2.44. The van der Waals surface area contributed by atoms with Gasteiger partial charge < -0.3 is 10.1 Å². The van der Waals surface area contributed by atoms with Gasteiger partial charge in [-0.25, -0.2) is 13.1 Å². The van der Waals surface area contributed by atoms with Gasteiger partial charge in [0, 0.05) is 37.3 Å². The van der Waals surface area contributed by atoms with Gasteiger partial charge >= 0.3 is 0 Å². The maximum absolute atomic E-state index is 13.0. The van der Waals surface area contributed by atoms with E-state index in [0.29, 0.717) is 5.56 Å². The van der Waals surface area contributed by atoms with Gasteiger partial charge in [-0.2, -0.15) is 0 Å². The lowest BCUT2D eigenvalue weighted by atomic mass is 10.0. The van der Waals surface area contributed by atoms with Gasteiger partial charge in [-0.15, -0.1) is 0 Å². The van der Waals surface area contributed by atoms with Crippen LogP contribution >= 0.6 is 0 Å². The summed E-state index contributed by atoms with van der Waals surface area (Å²) in [6, 6.07) is 13.2. The first kappa shape index (κ1) is 24.7. The molecule has 0 spiro atoms. The van der Waals surface area contributed by atoms with Crippen molar-refractivity contribution in [1.29, 1.82) is 0 Å². The fourth-order valence-electron chi connectivity index (χ4n) is 4.93. The summed E-state index contributed by atoms with van der Waals surface area (Å²) in [5, 5.41) is 3.10. The first-order chi connectivity index (χ1) is 16.3. The zero-order valence-corrected chi connectivity index (χ0v) is 20.9. The van der Waals surface area contributed by atoms with Crippen LogP contribution in [-0.4, -0.2) is 51.5 Å². The molecule has 0 atom stereocenters. The lowest BCUT2D eigenvalue weighted by Gasteiger charge is -2.32. The molecular formula is C26H35N3O4S. The predicted molar refractivity (Wildman–Crippen MR) is 133 cm³/mol. The van der Waals surface area contributed by atoms with Gasteiger partial charge in [0.2, 0.25) is 10.0 Å². The third-order valence-electron chi connectivity index (χ3n) is 6.80. The van der Waals surface area contributed by atoms with Crippen LogP contribution in [0.1, 0.15) is 60.0 Å². The van der Waals surface area contributed by atoms with Gasteiger partial charge in [0.15, 0.2) is 0 Å². The summed E-state index contributed by atoms with van der Waals surface area (Å²) >= 11 is 0. The van der Waals surface area contributed by atoms with E-state index in [1.54, 1.807) is 12.1 Å². The molecule has 0 unspecified atom stereocenters. The average molecular weight is 486 g/mol. The number of benzene rings is 2. The van der Waals surface area contributed by atoms with Crippen LogP contribution in [0.15, 0.2) is 47.4 Å². The van der Waals surface area contributed by atoms with Crippen molar-refractivity contribution in [2.45, 2.75) is 69.0 Å². The summed E-state index contributed by atoms with van der Waals surface area (Å²) in [6.45, 7) is 4.83. The number of carbonyl (C=O) groups is 1. The maximum atomic E-state index is 13.0. The summed E-state index contributed by atoms with van der Waals surface area (Å²) in [7, 11) is -2.34. The molecule has 184 valence electrons. The predicted octanol–water partition coefficient (Wildman–Crippen LogP) is 3.62. The number of carbonyl (C=O) groups excluding carboxylic acids is 1. The van der Waals surface area contributed by atoms with E-state index in [-0.39, 0.29) is 28.6 Å². The van der Waals surface area contributed by atoms with Gasteiger partial charge in [-0.1, -0.05) is 42.7 Å². The number of methoxy groups -OCH3 is 1. The van der Waals surface area contributed by atoms with E-state index in [1.165, 1.54) is 24.3 Å². The fraction of sp³-hybridized carbons (Fsp3) is 0.500. The maximum Gasteiger partial charge on any atom is 0.251 e. The summed E-state index contributed by atoms with van der Waals surface area (Å²) in [6.07, 6.45) is 5.45. The van der Waals surface area contributed by atoms with Crippen molar-refractivity contribution in [2.24, 2.45) is 0 Å². The van der Waals surface area contributed by atoms with E-state index in [0.717, 1.165) is 58.2 Å². The third kappa shape index (κ3) is 6.17. The fourth-order valence-corrected chi connectivity index (χ4v) is 6.43. The number of nitrogens with zero attached hydrogens (tertiary/aromatic N) is 1. The van der Waals surface area contributed by atoms with Crippen molar-refractivity contribution in [3.8, 4) is 5.75 Å². The zero-order valence-electron chi connectivity index (χ0n) is 20.0. The molecule has 7 nitrogen and oxygen atoms in total. The number of hydrogen-bond acceptors (Lipinski definition) is 5. The zero-order chi connectivity index (χ0) is 24.1. The Kier molecular flexibility index (Phi) is 7.91. The van der Waals surface area contributed by atoms with E-state index < -0.39 is 10.0 Å². The minimum absolute atomic E-state index is 0.0162. The summed E-state index contributed by atoms with van der Waals surface area (Å²) in [5.41, 5.74) is 2.90. The minimum Gasteiger partial charge on any atom is -0.495 e. The normalized spacial score (nSPS) is 18.2. The lowest BCUT2D eigenvalue weighted by molar-refractivity contribution is 0.0908. The second kappa shape index (κ2) is 10.9. The van der Waals surface area contributed by atoms with Crippen molar-refractivity contribution in [3.05, 3.63) is 59.2 Å². The van der Waals surface area contributed by atoms with Crippen molar-refractivity contribution < 1.29 is 17.9 Å². The SMILES string of the molecule is COc1ccc(C(=O)NC2CCN(Cc3cccc(C)c3)CC2)cc1S(=O)(=O)NC1CCCC1. The molecule has 2 aliphatic rings. The van der Waals surface area contributed by atoms with Crippen molar-refractivity contribution in [1.82, 2.24) is 14.9 Å². The highest BCUT2D eigenvalue weighted by Crippen LogP contribution is 2.27. The second-order valence-electron chi connectivity index (χ2n) is 9.48. The summed E-state index contributed by atoms with van der Waals surface area (Å²) in [4.78, 5) is 15.4. The first-order valence-corrected chi connectivity index (χ1v) is 13.6. The third-order valence-corrected chi connectivity index (χ3v) is 8.35. The Morgan fingerprint density at radius 3 is 2.44 bits per heavy atom. The number of rotatable bonds is 8.